The number of carbonyl (C=O) groups excluding carboxylic acids is 1. The third-order valence-electron chi connectivity index (χ3n) is 4.86. The SMILES string of the molecule is CN1CCN(C(=O)CC2CCCCO2)CC1c1ccccc1. The van der Waals surface area contributed by atoms with Gasteiger partial charge >= 0.3 is 0 Å². The van der Waals surface area contributed by atoms with Gasteiger partial charge in [0.05, 0.1) is 18.6 Å². The molecule has 0 aromatic heterocycles. The summed E-state index contributed by atoms with van der Waals surface area (Å²) in [6, 6.07) is 10.8. The van der Waals surface area contributed by atoms with E-state index in [2.05, 4.69) is 36.2 Å². The van der Waals surface area contributed by atoms with E-state index in [4.69, 9.17) is 4.74 Å². The fourth-order valence-electron chi connectivity index (χ4n) is 3.43. The van der Waals surface area contributed by atoms with Crippen molar-refractivity contribution in [3.63, 3.8) is 0 Å². The second-order valence-corrected chi connectivity index (χ2v) is 6.44. The van der Waals surface area contributed by atoms with E-state index >= 15 is 0 Å². The fourth-order valence-corrected chi connectivity index (χ4v) is 3.43. The molecule has 2 saturated heterocycles. The highest BCUT2D eigenvalue weighted by Gasteiger charge is 2.29. The van der Waals surface area contributed by atoms with Gasteiger partial charge in [-0.1, -0.05) is 30.3 Å². The number of carbonyl (C=O) groups is 1. The van der Waals surface area contributed by atoms with E-state index in [1.54, 1.807) is 0 Å². The molecule has 2 fully saturated rings. The Balaban J connectivity index is 1.61. The number of piperazine rings is 1. The summed E-state index contributed by atoms with van der Waals surface area (Å²) in [5.74, 6) is 0.251. The molecular weight excluding hydrogens is 276 g/mol. The van der Waals surface area contributed by atoms with Gasteiger partial charge in [-0.2, -0.15) is 0 Å². The van der Waals surface area contributed by atoms with Gasteiger partial charge < -0.3 is 9.64 Å². The Labute approximate surface area is 133 Å². The van der Waals surface area contributed by atoms with Crippen molar-refractivity contribution in [2.45, 2.75) is 37.8 Å². The van der Waals surface area contributed by atoms with Crippen molar-refractivity contribution < 1.29 is 9.53 Å². The van der Waals surface area contributed by atoms with Crippen molar-refractivity contribution in [2.75, 3.05) is 33.3 Å². The molecule has 4 nitrogen and oxygen atoms in total. The molecule has 2 heterocycles. The smallest absolute Gasteiger partial charge is 0.225 e. The molecule has 2 unspecified atom stereocenters. The third-order valence-corrected chi connectivity index (χ3v) is 4.86. The number of ether oxygens (including phenoxy) is 1. The van der Waals surface area contributed by atoms with Gasteiger partial charge in [0.1, 0.15) is 0 Å². The van der Waals surface area contributed by atoms with Crippen LogP contribution in [-0.2, 0) is 9.53 Å². The van der Waals surface area contributed by atoms with Crippen LogP contribution < -0.4 is 0 Å². The maximum absolute atomic E-state index is 12.6. The zero-order valence-electron chi connectivity index (χ0n) is 13.4. The zero-order chi connectivity index (χ0) is 15.4. The molecule has 22 heavy (non-hydrogen) atoms. The second-order valence-electron chi connectivity index (χ2n) is 6.44. The maximum atomic E-state index is 12.6. The minimum absolute atomic E-state index is 0.135. The molecule has 0 radical (unpaired) electrons. The van der Waals surface area contributed by atoms with Crippen molar-refractivity contribution in [3.05, 3.63) is 35.9 Å². The fraction of sp³-hybridized carbons (Fsp3) is 0.611. The van der Waals surface area contributed by atoms with E-state index < -0.39 is 0 Å². The first-order valence-corrected chi connectivity index (χ1v) is 8.38. The Kier molecular flexibility index (Phi) is 5.11. The lowest BCUT2D eigenvalue weighted by Gasteiger charge is -2.40. The van der Waals surface area contributed by atoms with Gasteiger partial charge in [0.15, 0.2) is 0 Å². The van der Waals surface area contributed by atoms with Crippen LogP contribution in [0.3, 0.4) is 0 Å². The van der Waals surface area contributed by atoms with Crippen molar-refractivity contribution in [1.82, 2.24) is 9.80 Å². The maximum Gasteiger partial charge on any atom is 0.225 e. The van der Waals surface area contributed by atoms with Gasteiger partial charge in [-0.15, -0.1) is 0 Å². The molecule has 2 aliphatic heterocycles. The van der Waals surface area contributed by atoms with Crippen molar-refractivity contribution >= 4 is 5.91 Å². The predicted octanol–water partition coefficient (Wildman–Crippen LogP) is 2.46. The van der Waals surface area contributed by atoms with Crippen LogP contribution in [0.15, 0.2) is 30.3 Å². The van der Waals surface area contributed by atoms with Gasteiger partial charge in [-0.3, -0.25) is 9.69 Å². The van der Waals surface area contributed by atoms with Crippen LogP contribution in [-0.4, -0.2) is 55.1 Å². The third kappa shape index (κ3) is 3.68. The summed E-state index contributed by atoms with van der Waals surface area (Å²) in [5.41, 5.74) is 1.29. The van der Waals surface area contributed by atoms with Crippen LogP contribution in [0.5, 0.6) is 0 Å². The first-order valence-electron chi connectivity index (χ1n) is 8.38. The minimum atomic E-state index is 0.135. The van der Waals surface area contributed by atoms with Crippen LogP contribution >= 0.6 is 0 Å². The van der Waals surface area contributed by atoms with Gasteiger partial charge in [0.2, 0.25) is 5.91 Å². The Morgan fingerprint density at radius 1 is 1.23 bits per heavy atom. The van der Waals surface area contributed by atoms with Crippen LogP contribution in [0, 0.1) is 0 Å². The van der Waals surface area contributed by atoms with Crippen LogP contribution in [0.2, 0.25) is 0 Å². The summed E-state index contributed by atoms with van der Waals surface area (Å²) >= 11 is 0. The average molecular weight is 302 g/mol. The van der Waals surface area contributed by atoms with Crippen molar-refractivity contribution in [1.29, 1.82) is 0 Å². The summed E-state index contributed by atoms with van der Waals surface area (Å²) < 4.78 is 5.71. The van der Waals surface area contributed by atoms with E-state index in [0.29, 0.717) is 12.5 Å². The molecule has 0 saturated carbocycles. The Morgan fingerprint density at radius 2 is 2.05 bits per heavy atom. The molecule has 3 rings (SSSR count). The molecule has 1 amide bonds. The van der Waals surface area contributed by atoms with Crippen molar-refractivity contribution in [3.8, 4) is 0 Å². The van der Waals surface area contributed by atoms with Gasteiger partial charge in [-0.25, -0.2) is 0 Å². The number of amides is 1. The molecule has 0 aliphatic carbocycles. The number of hydrogen-bond donors (Lipinski definition) is 0. The number of nitrogens with zero attached hydrogens (tertiary/aromatic N) is 2. The van der Waals surface area contributed by atoms with Gasteiger partial charge in [0.25, 0.3) is 0 Å². The molecule has 0 N–H and O–H groups in total. The molecule has 1 aromatic rings. The number of likely N-dealkylation sites (N-methyl/N-ethyl adjacent to an activating group) is 1. The van der Waals surface area contributed by atoms with Gasteiger partial charge in [0, 0.05) is 26.2 Å². The van der Waals surface area contributed by atoms with Gasteiger partial charge in [-0.05, 0) is 31.9 Å². The van der Waals surface area contributed by atoms with Crippen molar-refractivity contribution in [2.24, 2.45) is 0 Å². The Hall–Kier alpha value is -1.39. The first-order chi connectivity index (χ1) is 10.7. The normalized spacial score (nSPS) is 26.9. The first kappa shape index (κ1) is 15.5. The molecule has 0 spiro atoms. The lowest BCUT2D eigenvalue weighted by atomic mass is 10.0. The largest absolute Gasteiger partial charge is 0.378 e. The lowest BCUT2D eigenvalue weighted by molar-refractivity contribution is -0.137. The summed E-state index contributed by atoms with van der Waals surface area (Å²) in [6.07, 6.45) is 4.03. The summed E-state index contributed by atoms with van der Waals surface area (Å²) in [7, 11) is 2.14. The summed E-state index contributed by atoms with van der Waals surface area (Å²) in [6.45, 7) is 3.35. The number of rotatable bonds is 3. The zero-order valence-corrected chi connectivity index (χ0v) is 13.4. The van der Waals surface area contributed by atoms with Crippen LogP contribution in [0.4, 0.5) is 0 Å². The minimum Gasteiger partial charge on any atom is -0.378 e. The highest BCUT2D eigenvalue weighted by Crippen LogP contribution is 2.25. The molecule has 4 heteroatoms. The topological polar surface area (TPSA) is 32.8 Å². The number of benzene rings is 1. The van der Waals surface area contributed by atoms with Crippen LogP contribution in [0.1, 0.15) is 37.3 Å². The Bertz CT molecular complexity index is 485. The molecule has 1 aromatic carbocycles. The second kappa shape index (κ2) is 7.25. The van der Waals surface area contributed by atoms with E-state index in [9.17, 15) is 4.79 Å². The highest BCUT2D eigenvalue weighted by atomic mass is 16.5. The molecular formula is C18H26N2O2. The van der Waals surface area contributed by atoms with E-state index in [0.717, 1.165) is 39.1 Å². The monoisotopic (exact) mass is 302 g/mol. The van der Waals surface area contributed by atoms with E-state index in [1.807, 2.05) is 11.0 Å². The quantitative estimate of drug-likeness (QED) is 0.860. The molecule has 0 bridgehead atoms. The van der Waals surface area contributed by atoms with E-state index in [1.165, 1.54) is 12.0 Å². The average Bonchev–Trinajstić information content (AvgIpc) is 2.57. The molecule has 2 atom stereocenters. The van der Waals surface area contributed by atoms with Crippen LogP contribution in [0.25, 0.3) is 0 Å². The molecule has 120 valence electrons. The molecule has 2 aliphatic rings. The highest BCUT2D eigenvalue weighted by molar-refractivity contribution is 5.77. The lowest BCUT2D eigenvalue weighted by Crippen LogP contribution is -2.49. The summed E-state index contributed by atoms with van der Waals surface area (Å²) in [4.78, 5) is 16.9. The number of hydrogen-bond acceptors (Lipinski definition) is 3. The predicted molar refractivity (Wildman–Crippen MR) is 86.6 cm³/mol. The Morgan fingerprint density at radius 3 is 2.77 bits per heavy atom. The summed E-state index contributed by atoms with van der Waals surface area (Å²) in [5, 5.41) is 0. The standard InChI is InChI=1S/C18H26N2O2/c1-19-10-11-20(14-17(19)15-7-3-2-4-8-15)18(21)13-16-9-5-6-12-22-16/h2-4,7-8,16-17H,5-6,9-14H2,1H3. The van der Waals surface area contributed by atoms with E-state index in [-0.39, 0.29) is 12.0 Å².